The SMILES string of the molecule is Cc1cc(Nc2nc(-c3cnn(C)c3)cn3c(-c4cnn(C)c4)cnc23)sn1.Cc1cc(Nc2nc(Br)cn3c(Br)cnc23)sn1. The highest BCUT2D eigenvalue weighted by Crippen LogP contribution is 2.30. The third kappa shape index (κ3) is 6.15. The molecule has 2 N–H and O–H groups in total. The Kier molecular flexibility index (Phi) is 8.09. The van der Waals surface area contributed by atoms with Crippen molar-refractivity contribution in [3.63, 3.8) is 0 Å². The van der Waals surface area contributed by atoms with E-state index in [0.717, 1.165) is 64.4 Å². The average Bonchev–Trinajstić information content (AvgIpc) is 3.86. The molecule has 0 atom stereocenters. The number of nitrogens with zero attached hydrogens (tertiary/aromatic N) is 12. The minimum Gasteiger partial charge on any atom is -0.328 e. The number of imidazole rings is 2. The molecule has 0 saturated carbocycles. The molecule has 18 heteroatoms. The van der Waals surface area contributed by atoms with Gasteiger partial charge in [-0.1, -0.05) is 0 Å². The van der Waals surface area contributed by atoms with E-state index in [1.807, 2.05) is 86.1 Å². The van der Waals surface area contributed by atoms with Crippen molar-refractivity contribution in [1.29, 1.82) is 0 Å². The van der Waals surface area contributed by atoms with Crippen molar-refractivity contribution in [2.45, 2.75) is 13.8 Å². The van der Waals surface area contributed by atoms with Crippen LogP contribution in [0.5, 0.6) is 0 Å². The van der Waals surface area contributed by atoms with Crippen LogP contribution in [-0.2, 0) is 14.1 Å². The lowest BCUT2D eigenvalue weighted by Gasteiger charge is -2.08. The van der Waals surface area contributed by atoms with Gasteiger partial charge in [0, 0.05) is 50.0 Å². The van der Waals surface area contributed by atoms with E-state index in [-0.39, 0.29) is 0 Å². The highest BCUT2D eigenvalue weighted by Gasteiger charge is 2.16. The van der Waals surface area contributed by atoms with Crippen LogP contribution < -0.4 is 10.6 Å². The van der Waals surface area contributed by atoms with Crippen molar-refractivity contribution in [3.8, 4) is 22.5 Å². The van der Waals surface area contributed by atoms with Crippen molar-refractivity contribution < 1.29 is 0 Å². The Hall–Kier alpha value is -4.52. The third-order valence-electron chi connectivity index (χ3n) is 6.65. The summed E-state index contributed by atoms with van der Waals surface area (Å²) in [5.41, 5.74) is 7.10. The van der Waals surface area contributed by atoms with Crippen LogP contribution in [0.4, 0.5) is 21.6 Å². The summed E-state index contributed by atoms with van der Waals surface area (Å²) >= 11 is 9.62. The molecule has 0 saturated heterocycles. The molecular weight excluding hydrogens is 756 g/mol. The number of fused-ring (bicyclic) bond motifs is 2. The van der Waals surface area contributed by atoms with Crippen molar-refractivity contribution in [3.05, 3.63) is 82.3 Å². The predicted molar refractivity (Wildman–Crippen MR) is 186 cm³/mol. The minimum atomic E-state index is 0.667. The van der Waals surface area contributed by atoms with Gasteiger partial charge in [0.15, 0.2) is 22.9 Å². The molecule has 0 aliphatic rings. The van der Waals surface area contributed by atoms with Gasteiger partial charge < -0.3 is 10.6 Å². The maximum absolute atomic E-state index is 4.81. The van der Waals surface area contributed by atoms with Gasteiger partial charge in [0.2, 0.25) is 0 Å². The van der Waals surface area contributed by atoms with Crippen molar-refractivity contribution in [1.82, 2.24) is 57.0 Å². The van der Waals surface area contributed by atoms with E-state index in [4.69, 9.17) is 4.98 Å². The third-order valence-corrected chi connectivity index (χ3v) is 9.21. The number of nitrogens with one attached hydrogen (secondary N) is 2. The fourth-order valence-corrected chi connectivity index (χ4v) is 6.70. The molecule has 46 heavy (non-hydrogen) atoms. The summed E-state index contributed by atoms with van der Waals surface area (Å²) in [5, 5.41) is 17.0. The Balaban J connectivity index is 0.000000162. The van der Waals surface area contributed by atoms with E-state index in [1.54, 1.807) is 21.8 Å². The lowest BCUT2D eigenvalue weighted by Crippen LogP contribution is -2.00. The second-order valence-electron chi connectivity index (χ2n) is 10.2. The predicted octanol–water partition coefficient (Wildman–Crippen LogP) is 6.80. The first-order valence-corrected chi connectivity index (χ1v) is 16.8. The lowest BCUT2D eigenvalue weighted by molar-refractivity contribution is 0.768. The Morgan fingerprint density at radius 1 is 0.674 bits per heavy atom. The molecule has 14 nitrogen and oxygen atoms in total. The van der Waals surface area contributed by atoms with Crippen LogP contribution in [0.1, 0.15) is 11.4 Å². The summed E-state index contributed by atoms with van der Waals surface area (Å²) in [6.45, 7) is 3.92. The summed E-state index contributed by atoms with van der Waals surface area (Å²) < 4.78 is 17.6. The molecular formula is C28H24Br2N14S2. The maximum atomic E-state index is 4.81. The second kappa shape index (κ2) is 12.3. The Labute approximate surface area is 286 Å². The van der Waals surface area contributed by atoms with Crippen LogP contribution in [0.3, 0.4) is 0 Å². The Bertz CT molecular complexity index is 2320. The molecule has 0 aliphatic heterocycles. The van der Waals surface area contributed by atoms with E-state index in [2.05, 4.69) is 76.4 Å². The summed E-state index contributed by atoms with van der Waals surface area (Å²) in [6, 6.07) is 3.96. The Morgan fingerprint density at radius 2 is 1.26 bits per heavy atom. The van der Waals surface area contributed by atoms with Gasteiger partial charge in [-0.2, -0.15) is 18.9 Å². The molecule has 232 valence electrons. The standard InChI is InChI=1S/C18H17N9S.C10H7Br2N5S/c1-11-4-16(28-24-11)23-17-18-19-7-15(13-6-21-26(3)9-13)27(18)10-14(22-17)12-5-20-25(2)8-12;1-5-2-8(18-16-5)15-9-10-13-3-7(12)17(10)4-6(11)14-9/h4-10H,1-3H3,(H,22,23);2-4H,1H3,(H,14,15). The van der Waals surface area contributed by atoms with Gasteiger partial charge in [0.05, 0.1) is 47.6 Å². The van der Waals surface area contributed by atoms with Gasteiger partial charge in [-0.3, -0.25) is 18.2 Å². The van der Waals surface area contributed by atoms with Gasteiger partial charge in [-0.25, -0.2) is 19.9 Å². The Morgan fingerprint density at radius 3 is 1.85 bits per heavy atom. The summed E-state index contributed by atoms with van der Waals surface area (Å²) in [6.07, 6.45) is 14.9. The van der Waals surface area contributed by atoms with E-state index in [0.29, 0.717) is 11.6 Å². The van der Waals surface area contributed by atoms with Crippen molar-refractivity contribution in [2.24, 2.45) is 14.1 Å². The van der Waals surface area contributed by atoms with Crippen molar-refractivity contribution in [2.75, 3.05) is 10.6 Å². The van der Waals surface area contributed by atoms with E-state index in [1.165, 1.54) is 23.1 Å². The fourth-order valence-electron chi connectivity index (χ4n) is 4.62. The number of aromatic nitrogens is 12. The number of rotatable bonds is 6. The number of hydrogen-bond acceptors (Lipinski definition) is 12. The van der Waals surface area contributed by atoms with Crippen LogP contribution in [0.25, 0.3) is 33.8 Å². The number of halogens is 2. The van der Waals surface area contributed by atoms with Crippen LogP contribution in [0.15, 0.2) is 70.9 Å². The molecule has 8 heterocycles. The second-order valence-corrected chi connectivity index (χ2v) is 13.5. The first-order chi connectivity index (χ1) is 22.2. The summed E-state index contributed by atoms with van der Waals surface area (Å²) in [4.78, 5) is 18.1. The molecule has 0 aliphatic carbocycles. The first-order valence-electron chi connectivity index (χ1n) is 13.7. The number of anilines is 4. The minimum absolute atomic E-state index is 0.667. The largest absolute Gasteiger partial charge is 0.328 e. The molecule has 0 spiro atoms. The highest BCUT2D eigenvalue weighted by atomic mass is 79.9. The number of hydrogen-bond donors (Lipinski definition) is 2. The molecule has 0 bridgehead atoms. The van der Waals surface area contributed by atoms with Crippen molar-refractivity contribution >= 4 is 87.9 Å². The van der Waals surface area contributed by atoms with Crippen LogP contribution >= 0.6 is 54.9 Å². The quantitative estimate of drug-likeness (QED) is 0.185. The molecule has 0 amide bonds. The maximum Gasteiger partial charge on any atom is 0.181 e. The molecule has 0 unspecified atom stereocenters. The summed E-state index contributed by atoms with van der Waals surface area (Å²) in [5.74, 6) is 1.36. The summed E-state index contributed by atoms with van der Waals surface area (Å²) in [7, 11) is 3.79. The average molecular weight is 781 g/mol. The van der Waals surface area contributed by atoms with Gasteiger partial charge in [-0.05, 0) is 80.9 Å². The van der Waals surface area contributed by atoms with Gasteiger partial charge in [0.25, 0.3) is 0 Å². The highest BCUT2D eigenvalue weighted by molar-refractivity contribution is 9.10. The molecule has 0 aromatic carbocycles. The zero-order valence-corrected chi connectivity index (χ0v) is 29.5. The van der Waals surface area contributed by atoms with Crippen LogP contribution in [-0.4, -0.2) is 57.0 Å². The van der Waals surface area contributed by atoms with Crippen LogP contribution in [0.2, 0.25) is 0 Å². The monoisotopic (exact) mass is 778 g/mol. The lowest BCUT2D eigenvalue weighted by atomic mass is 10.2. The van der Waals surface area contributed by atoms with E-state index < -0.39 is 0 Å². The topological polar surface area (TPSA) is 146 Å². The van der Waals surface area contributed by atoms with Gasteiger partial charge in [0.1, 0.15) is 19.2 Å². The molecule has 8 rings (SSSR count). The van der Waals surface area contributed by atoms with Gasteiger partial charge >= 0.3 is 0 Å². The zero-order chi connectivity index (χ0) is 31.9. The molecule has 0 fully saturated rings. The van der Waals surface area contributed by atoms with E-state index >= 15 is 0 Å². The smallest absolute Gasteiger partial charge is 0.181 e. The van der Waals surface area contributed by atoms with Gasteiger partial charge in [-0.15, -0.1) is 0 Å². The first kappa shape index (κ1) is 30.2. The molecule has 8 aromatic rings. The normalized spacial score (nSPS) is 11.3. The molecule has 8 aromatic heterocycles. The van der Waals surface area contributed by atoms with Crippen LogP contribution in [0, 0.1) is 13.8 Å². The number of aryl methyl sites for hydroxylation is 4. The zero-order valence-electron chi connectivity index (χ0n) is 24.7. The molecule has 0 radical (unpaired) electrons. The van der Waals surface area contributed by atoms with E-state index in [9.17, 15) is 0 Å². The fraction of sp³-hybridized carbons (Fsp3) is 0.143.